The molecule has 0 saturated carbocycles. The van der Waals surface area contributed by atoms with Gasteiger partial charge in [-0.05, 0) is 18.4 Å². The molecule has 2 heteroatoms. The van der Waals surface area contributed by atoms with Crippen LogP contribution in [0.1, 0.15) is 33.1 Å². The highest BCUT2D eigenvalue weighted by atomic mass is 16.1. The van der Waals surface area contributed by atoms with Crippen molar-refractivity contribution in [2.45, 2.75) is 33.1 Å². The number of dihydropyridines is 1. The zero-order valence-corrected chi connectivity index (χ0v) is 7.05. The van der Waals surface area contributed by atoms with Crippen molar-refractivity contribution in [3.05, 3.63) is 11.1 Å². The van der Waals surface area contributed by atoms with Crippen LogP contribution in [0.3, 0.4) is 0 Å². The quantitative estimate of drug-likeness (QED) is 0.594. The van der Waals surface area contributed by atoms with Crippen molar-refractivity contribution in [2.75, 3.05) is 0 Å². The molecule has 0 bridgehead atoms. The van der Waals surface area contributed by atoms with Crippen molar-refractivity contribution < 1.29 is 4.79 Å². The Morgan fingerprint density at radius 3 is 2.73 bits per heavy atom. The number of nitrogens with zero attached hydrogens (tertiary/aromatic N) is 1. The summed E-state index contributed by atoms with van der Waals surface area (Å²) in [7, 11) is 0. The van der Waals surface area contributed by atoms with E-state index in [1.165, 1.54) is 11.1 Å². The summed E-state index contributed by atoms with van der Waals surface area (Å²) in [6.07, 6.45) is 4.21. The van der Waals surface area contributed by atoms with E-state index in [2.05, 4.69) is 18.8 Å². The highest BCUT2D eigenvalue weighted by Gasteiger charge is 2.11. The van der Waals surface area contributed by atoms with Crippen LogP contribution in [0.15, 0.2) is 16.1 Å². The van der Waals surface area contributed by atoms with E-state index in [0.717, 1.165) is 12.8 Å². The van der Waals surface area contributed by atoms with Gasteiger partial charge in [-0.3, -0.25) is 4.79 Å². The maximum absolute atomic E-state index is 10.9. The summed E-state index contributed by atoms with van der Waals surface area (Å²) in [6, 6.07) is 0. The minimum absolute atomic E-state index is 0.000880. The molecule has 0 aliphatic carbocycles. The topological polar surface area (TPSA) is 29.4 Å². The summed E-state index contributed by atoms with van der Waals surface area (Å²) >= 11 is 0. The minimum Gasteiger partial charge on any atom is -0.272 e. The van der Waals surface area contributed by atoms with Gasteiger partial charge in [-0.25, -0.2) is 4.99 Å². The first-order chi connectivity index (χ1) is 5.27. The number of hydrogen-bond donors (Lipinski definition) is 0. The maximum Gasteiger partial charge on any atom is 0.249 e. The van der Waals surface area contributed by atoms with E-state index in [9.17, 15) is 4.79 Å². The number of rotatable bonds is 2. The fraction of sp³-hybridized carbons (Fsp3) is 0.556. The summed E-state index contributed by atoms with van der Waals surface area (Å²) in [4.78, 5) is 14.6. The smallest absolute Gasteiger partial charge is 0.249 e. The molecule has 1 heterocycles. The van der Waals surface area contributed by atoms with Gasteiger partial charge in [-0.2, -0.15) is 0 Å². The Balaban J connectivity index is 2.85. The van der Waals surface area contributed by atoms with Crippen LogP contribution in [-0.4, -0.2) is 12.1 Å². The second-order valence-electron chi connectivity index (χ2n) is 2.66. The van der Waals surface area contributed by atoms with Crippen molar-refractivity contribution in [1.29, 1.82) is 0 Å². The summed E-state index contributed by atoms with van der Waals surface area (Å²) in [5.41, 5.74) is 2.50. The largest absolute Gasteiger partial charge is 0.272 e. The average Bonchev–Trinajstić information content (AvgIpc) is 2.04. The number of allylic oxidation sites excluding steroid dienone is 1. The van der Waals surface area contributed by atoms with Crippen molar-refractivity contribution >= 4 is 12.1 Å². The second-order valence-corrected chi connectivity index (χ2v) is 2.66. The first kappa shape index (κ1) is 8.18. The number of carbonyl (C=O) groups is 1. The lowest BCUT2D eigenvalue weighted by Gasteiger charge is -2.10. The molecule has 1 aliphatic heterocycles. The molecule has 0 spiro atoms. The minimum atomic E-state index is -0.000880. The highest BCUT2D eigenvalue weighted by molar-refractivity contribution is 5.96. The van der Waals surface area contributed by atoms with Gasteiger partial charge in [0, 0.05) is 6.21 Å². The molecule has 0 aromatic heterocycles. The third kappa shape index (κ3) is 1.76. The normalized spacial score (nSPS) is 17.8. The number of amides is 1. The molecule has 1 rings (SSSR count). The maximum atomic E-state index is 10.9. The van der Waals surface area contributed by atoms with E-state index >= 15 is 0 Å². The number of aliphatic imine (C=N–C) groups is 1. The van der Waals surface area contributed by atoms with E-state index in [1.807, 2.05) is 0 Å². The average molecular weight is 151 g/mol. The molecule has 1 amide bonds. The SMILES string of the molecule is CCC1=C(CC)CC(=O)N=C1. The lowest BCUT2D eigenvalue weighted by atomic mass is 9.99. The van der Waals surface area contributed by atoms with Gasteiger partial charge in [0.2, 0.25) is 5.91 Å². The molecule has 60 valence electrons. The van der Waals surface area contributed by atoms with Crippen molar-refractivity contribution in [3.63, 3.8) is 0 Å². The molecule has 0 radical (unpaired) electrons. The Morgan fingerprint density at radius 1 is 1.45 bits per heavy atom. The van der Waals surface area contributed by atoms with Gasteiger partial charge < -0.3 is 0 Å². The molecule has 0 aromatic rings. The molecule has 0 N–H and O–H groups in total. The molecule has 0 atom stereocenters. The van der Waals surface area contributed by atoms with Crippen LogP contribution in [0, 0.1) is 0 Å². The standard InChI is InChI=1S/C9H13NO/c1-3-7-5-9(11)10-6-8(7)4-2/h6H,3-5H2,1-2H3. The second kappa shape index (κ2) is 3.46. The molecule has 2 nitrogen and oxygen atoms in total. The molecular formula is C9H13NO. The van der Waals surface area contributed by atoms with Crippen molar-refractivity contribution in [1.82, 2.24) is 0 Å². The predicted octanol–water partition coefficient (Wildman–Crippen LogP) is 2.10. The third-order valence-corrected chi connectivity index (χ3v) is 1.99. The molecule has 1 aliphatic rings. The van der Waals surface area contributed by atoms with Crippen LogP contribution in [0.2, 0.25) is 0 Å². The Hall–Kier alpha value is -0.920. The van der Waals surface area contributed by atoms with E-state index in [1.54, 1.807) is 6.21 Å². The van der Waals surface area contributed by atoms with E-state index in [4.69, 9.17) is 0 Å². The van der Waals surface area contributed by atoms with Crippen LogP contribution >= 0.6 is 0 Å². The van der Waals surface area contributed by atoms with Gasteiger partial charge in [0.15, 0.2) is 0 Å². The first-order valence-electron chi connectivity index (χ1n) is 4.05. The molecule has 11 heavy (non-hydrogen) atoms. The molecule has 0 fully saturated rings. The molecule has 0 aromatic carbocycles. The zero-order valence-electron chi connectivity index (χ0n) is 7.05. The summed E-state index contributed by atoms with van der Waals surface area (Å²) in [5.74, 6) is -0.000880. The Bertz CT molecular complexity index is 226. The van der Waals surface area contributed by atoms with Gasteiger partial charge >= 0.3 is 0 Å². The monoisotopic (exact) mass is 151 g/mol. The van der Waals surface area contributed by atoms with Crippen LogP contribution < -0.4 is 0 Å². The Kier molecular flexibility index (Phi) is 2.58. The van der Waals surface area contributed by atoms with E-state index in [-0.39, 0.29) is 5.91 Å². The van der Waals surface area contributed by atoms with E-state index < -0.39 is 0 Å². The molecule has 0 unspecified atom stereocenters. The van der Waals surface area contributed by atoms with Gasteiger partial charge in [-0.15, -0.1) is 0 Å². The molecule has 0 saturated heterocycles. The first-order valence-corrected chi connectivity index (χ1v) is 4.05. The lowest BCUT2D eigenvalue weighted by molar-refractivity contribution is -0.117. The van der Waals surface area contributed by atoms with Crippen LogP contribution in [0.4, 0.5) is 0 Å². The lowest BCUT2D eigenvalue weighted by Crippen LogP contribution is -2.06. The highest BCUT2D eigenvalue weighted by Crippen LogP contribution is 2.18. The van der Waals surface area contributed by atoms with Crippen LogP contribution in [0.5, 0.6) is 0 Å². The van der Waals surface area contributed by atoms with Gasteiger partial charge in [0.05, 0.1) is 6.42 Å². The van der Waals surface area contributed by atoms with Crippen LogP contribution in [-0.2, 0) is 4.79 Å². The zero-order chi connectivity index (χ0) is 8.27. The fourth-order valence-electron chi connectivity index (χ4n) is 1.28. The third-order valence-electron chi connectivity index (χ3n) is 1.99. The Labute approximate surface area is 67.0 Å². The number of carbonyl (C=O) groups excluding carboxylic acids is 1. The van der Waals surface area contributed by atoms with Crippen LogP contribution in [0.25, 0.3) is 0 Å². The summed E-state index contributed by atoms with van der Waals surface area (Å²) in [5, 5.41) is 0. The van der Waals surface area contributed by atoms with Crippen molar-refractivity contribution in [2.24, 2.45) is 4.99 Å². The van der Waals surface area contributed by atoms with Crippen molar-refractivity contribution in [3.8, 4) is 0 Å². The summed E-state index contributed by atoms with van der Waals surface area (Å²) in [6.45, 7) is 4.17. The van der Waals surface area contributed by atoms with Gasteiger partial charge in [0.25, 0.3) is 0 Å². The number of hydrogen-bond acceptors (Lipinski definition) is 1. The summed E-state index contributed by atoms with van der Waals surface area (Å²) < 4.78 is 0. The predicted molar refractivity (Wildman–Crippen MR) is 45.7 cm³/mol. The van der Waals surface area contributed by atoms with Gasteiger partial charge in [-0.1, -0.05) is 19.4 Å². The Morgan fingerprint density at radius 2 is 2.18 bits per heavy atom. The van der Waals surface area contributed by atoms with E-state index in [0.29, 0.717) is 6.42 Å². The van der Waals surface area contributed by atoms with Gasteiger partial charge in [0.1, 0.15) is 0 Å². The fourth-order valence-corrected chi connectivity index (χ4v) is 1.28. The molecular weight excluding hydrogens is 138 g/mol.